The lowest BCUT2D eigenvalue weighted by molar-refractivity contribution is 0.625. The number of benzene rings is 1. The summed E-state index contributed by atoms with van der Waals surface area (Å²) in [5, 5.41) is 3.21. The van der Waals surface area contributed by atoms with E-state index in [4.69, 9.17) is 5.73 Å². The molecule has 1 heterocycles. The van der Waals surface area contributed by atoms with Crippen molar-refractivity contribution in [3.8, 4) is 0 Å². The molecule has 4 heteroatoms. The van der Waals surface area contributed by atoms with Crippen LogP contribution in [0.1, 0.15) is 16.8 Å². The molecule has 19 heavy (non-hydrogen) atoms. The molecule has 3 nitrogen and oxygen atoms in total. The van der Waals surface area contributed by atoms with Crippen molar-refractivity contribution < 1.29 is 4.39 Å². The summed E-state index contributed by atoms with van der Waals surface area (Å²) in [6.07, 6.45) is 0.807. The van der Waals surface area contributed by atoms with Crippen molar-refractivity contribution in [3.05, 3.63) is 53.0 Å². The number of anilines is 2. The van der Waals surface area contributed by atoms with Crippen LogP contribution in [0.2, 0.25) is 0 Å². The SMILES string of the molecule is Cc1ccc(N)c(NCCc2ccc(F)cc2C)n1. The van der Waals surface area contributed by atoms with E-state index in [0.29, 0.717) is 18.1 Å². The fourth-order valence-electron chi connectivity index (χ4n) is 1.96. The summed E-state index contributed by atoms with van der Waals surface area (Å²) in [5.41, 5.74) is 9.50. The third kappa shape index (κ3) is 3.44. The Hall–Kier alpha value is -2.10. The number of aromatic nitrogens is 1. The number of pyridine rings is 1. The first-order valence-electron chi connectivity index (χ1n) is 6.28. The molecule has 0 radical (unpaired) electrons. The molecule has 1 aromatic heterocycles. The molecular formula is C15H18FN3. The van der Waals surface area contributed by atoms with Gasteiger partial charge in [0.25, 0.3) is 0 Å². The zero-order valence-electron chi connectivity index (χ0n) is 11.2. The normalized spacial score (nSPS) is 10.5. The van der Waals surface area contributed by atoms with Crippen LogP contribution < -0.4 is 11.1 Å². The molecule has 0 saturated heterocycles. The van der Waals surface area contributed by atoms with Crippen molar-refractivity contribution in [1.82, 2.24) is 4.98 Å². The first kappa shape index (κ1) is 13.3. The van der Waals surface area contributed by atoms with E-state index in [9.17, 15) is 4.39 Å². The number of aryl methyl sites for hydroxylation is 2. The predicted octanol–water partition coefficient (Wildman–Crippen LogP) is 3.07. The van der Waals surface area contributed by atoms with Crippen LogP contribution in [-0.4, -0.2) is 11.5 Å². The van der Waals surface area contributed by atoms with Gasteiger partial charge in [0.2, 0.25) is 0 Å². The average molecular weight is 259 g/mol. The monoisotopic (exact) mass is 259 g/mol. The Morgan fingerprint density at radius 1 is 1.21 bits per heavy atom. The number of halogens is 1. The highest BCUT2D eigenvalue weighted by molar-refractivity contribution is 5.61. The molecule has 0 aliphatic heterocycles. The van der Waals surface area contributed by atoms with Gasteiger partial charge in [0.05, 0.1) is 5.69 Å². The predicted molar refractivity (Wildman–Crippen MR) is 76.7 cm³/mol. The molecule has 3 N–H and O–H groups in total. The van der Waals surface area contributed by atoms with Crippen LogP contribution in [0.4, 0.5) is 15.9 Å². The van der Waals surface area contributed by atoms with E-state index in [-0.39, 0.29) is 5.82 Å². The summed E-state index contributed by atoms with van der Waals surface area (Å²) in [7, 11) is 0. The lowest BCUT2D eigenvalue weighted by Crippen LogP contribution is -2.09. The minimum Gasteiger partial charge on any atom is -0.396 e. The number of nitrogens with two attached hydrogens (primary N) is 1. The Morgan fingerprint density at radius 2 is 2.00 bits per heavy atom. The van der Waals surface area contributed by atoms with Crippen LogP contribution in [0.3, 0.4) is 0 Å². The molecule has 0 unspecified atom stereocenters. The molecule has 2 rings (SSSR count). The van der Waals surface area contributed by atoms with Gasteiger partial charge in [-0.2, -0.15) is 0 Å². The van der Waals surface area contributed by atoms with E-state index >= 15 is 0 Å². The van der Waals surface area contributed by atoms with Gasteiger partial charge in [-0.15, -0.1) is 0 Å². The van der Waals surface area contributed by atoms with E-state index in [1.165, 1.54) is 6.07 Å². The molecule has 1 aromatic carbocycles. The van der Waals surface area contributed by atoms with Gasteiger partial charge in [0.1, 0.15) is 11.6 Å². The fraction of sp³-hybridized carbons (Fsp3) is 0.267. The van der Waals surface area contributed by atoms with Crippen LogP contribution in [0, 0.1) is 19.7 Å². The van der Waals surface area contributed by atoms with Crippen LogP contribution in [0.15, 0.2) is 30.3 Å². The van der Waals surface area contributed by atoms with E-state index < -0.39 is 0 Å². The summed E-state index contributed by atoms with van der Waals surface area (Å²) in [6, 6.07) is 8.58. The number of hydrogen-bond acceptors (Lipinski definition) is 3. The number of nitrogens with zero attached hydrogens (tertiary/aromatic N) is 1. The minimum absolute atomic E-state index is 0.196. The standard InChI is InChI=1S/C15H18FN3/c1-10-9-13(16)5-4-12(10)7-8-18-15-14(17)6-3-11(2)19-15/h3-6,9H,7-8,17H2,1-2H3,(H,18,19). The van der Waals surface area contributed by atoms with Crippen molar-refractivity contribution in [2.45, 2.75) is 20.3 Å². The minimum atomic E-state index is -0.196. The first-order chi connectivity index (χ1) is 9.06. The number of nitrogen functional groups attached to an aromatic ring is 1. The van der Waals surface area contributed by atoms with E-state index in [2.05, 4.69) is 10.3 Å². The summed E-state index contributed by atoms with van der Waals surface area (Å²) >= 11 is 0. The van der Waals surface area contributed by atoms with E-state index in [1.807, 2.05) is 32.0 Å². The van der Waals surface area contributed by atoms with Crippen LogP contribution in [-0.2, 0) is 6.42 Å². The Balaban J connectivity index is 1.98. The highest BCUT2D eigenvalue weighted by Crippen LogP contribution is 2.16. The molecule has 0 amide bonds. The van der Waals surface area contributed by atoms with Crippen molar-refractivity contribution in [1.29, 1.82) is 0 Å². The van der Waals surface area contributed by atoms with E-state index in [0.717, 1.165) is 23.2 Å². The van der Waals surface area contributed by atoms with Gasteiger partial charge in [0, 0.05) is 12.2 Å². The maximum absolute atomic E-state index is 13.0. The molecule has 0 aliphatic rings. The smallest absolute Gasteiger partial charge is 0.149 e. The topological polar surface area (TPSA) is 50.9 Å². The third-order valence-corrected chi connectivity index (χ3v) is 3.06. The number of hydrogen-bond donors (Lipinski definition) is 2. The summed E-state index contributed by atoms with van der Waals surface area (Å²) in [5.74, 6) is 0.513. The van der Waals surface area contributed by atoms with Crippen molar-refractivity contribution in [3.63, 3.8) is 0 Å². The number of rotatable bonds is 4. The second-order valence-corrected chi connectivity index (χ2v) is 4.64. The van der Waals surface area contributed by atoms with Gasteiger partial charge in [-0.1, -0.05) is 6.07 Å². The molecule has 0 spiro atoms. The maximum Gasteiger partial charge on any atom is 0.149 e. The first-order valence-corrected chi connectivity index (χ1v) is 6.28. The Morgan fingerprint density at radius 3 is 2.74 bits per heavy atom. The average Bonchev–Trinajstić information content (AvgIpc) is 2.36. The zero-order valence-corrected chi connectivity index (χ0v) is 11.2. The molecule has 0 atom stereocenters. The summed E-state index contributed by atoms with van der Waals surface area (Å²) < 4.78 is 13.0. The fourth-order valence-corrected chi connectivity index (χ4v) is 1.96. The molecule has 0 saturated carbocycles. The zero-order chi connectivity index (χ0) is 13.8. The van der Waals surface area contributed by atoms with Crippen LogP contribution in [0.25, 0.3) is 0 Å². The van der Waals surface area contributed by atoms with Gasteiger partial charge in [-0.25, -0.2) is 9.37 Å². The third-order valence-electron chi connectivity index (χ3n) is 3.06. The highest BCUT2D eigenvalue weighted by Gasteiger charge is 2.03. The van der Waals surface area contributed by atoms with E-state index in [1.54, 1.807) is 6.07 Å². The van der Waals surface area contributed by atoms with Crippen molar-refractivity contribution in [2.75, 3.05) is 17.6 Å². The van der Waals surface area contributed by atoms with Crippen molar-refractivity contribution in [2.24, 2.45) is 0 Å². The van der Waals surface area contributed by atoms with Crippen molar-refractivity contribution >= 4 is 11.5 Å². The molecule has 0 aliphatic carbocycles. The van der Waals surface area contributed by atoms with Crippen LogP contribution >= 0.6 is 0 Å². The Kier molecular flexibility index (Phi) is 4.00. The Bertz CT molecular complexity index is 582. The quantitative estimate of drug-likeness (QED) is 0.887. The lowest BCUT2D eigenvalue weighted by Gasteiger charge is -2.10. The highest BCUT2D eigenvalue weighted by atomic mass is 19.1. The largest absolute Gasteiger partial charge is 0.396 e. The second kappa shape index (κ2) is 5.69. The summed E-state index contributed by atoms with van der Waals surface area (Å²) in [4.78, 5) is 4.34. The molecule has 0 bridgehead atoms. The van der Waals surface area contributed by atoms with Gasteiger partial charge in [-0.3, -0.25) is 0 Å². The number of nitrogens with one attached hydrogen (secondary N) is 1. The molecule has 0 fully saturated rings. The van der Waals surface area contributed by atoms with Gasteiger partial charge >= 0.3 is 0 Å². The van der Waals surface area contributed by atoms with Gasteiger partial charge in [-0.05, 0) is 55.7 Å². The van der Waals surface area contributed by atoms with Crippen LogP contribution in [0.5, 0.6) is 0 Å². The lowest BCUT2D eigenvalue weighted by atomic mass is 10.1. The van der Waals surface area contributed by atoms with Gasteiger partial charge in [0.15, 0.2) is 0 Å². The second-order valence-electron chi connectivity index (χ2n) is 4.64. The summed E-state index contributed by atoms with van der Waals surface area (Å²) in [6.45, 7) is 4.56. The molecule has 2 aromatic rings. The maximum atomic E-state index is 13.0. The molecule has 100 valence electrons. The van der Waals surface area contributed by atoms with Gasteiger partial charge < -0.3 is 11.1 Å². The Labute approximate surface area is 112 Å². The molecular weight excluding hydrogens is 241 g/mol.